The van der Waals surface area contributed by atoms with Crippen molar-refractivity contribution in [3.05, 3.63) is 83.4 Å². The van der Waals surface area contributed by atoms with E-state index in [4.69, 9.17) is 21.1 Å². The molecule has 2 amide bonds. The molecule has 0 fully saturated rings. The van der Waals surface area contributed by atoms with Gasteiger partial charge in [0.1, 0.15) is 24.1 Å². The van der Waals surface area contributed by atoms with Gasteiger partial charge in [0.2, 0.25) is 11.8 Å². The van der Waals surface area contributed by atoms with Gasteiger partial charge in [0.25, 0.3) is 10.0 Å². The maximum atomic E-state index is 14.0. The van der Waals surface area contributed by atoms with Gasteiger partial charge in [0, 0.05) is 12.1 Å². The number of hydrogen-bond donors (Lipinski definition) is 1. The lowest BCUT2D eigenvalue weighted by molar-refractivity contribution is -0.140. The van der Waals surface area contributed by atoms with Crippen LogP contribution in [-0.2, 0) is 26.2 Å². The summed E-state index contributed by atoms with van der Waals surface area (Å²) in [6.45, 7) is 6.62. The minimum atomic E-state index is -4.21. The van der Waals surface area contributed by atoms with E-state index in [0.29, 0.717) is 11.5 Å². The van der Waals surface area contributed by atoms with E-state index in [0.717, 1.165) is 9.87 Å². The molecular weight excluding hydrogens is 566 g/mol. The van der Waals surface area contributed by atoms with Gasteiger partial charge in [-0.15, -0.1) is 0 Å². The Morgan fingerprint density at radius 3 is 2.12 bits per heavy atom. The number of carbonyl (C=O) groups is 2. The summed E-state index contributed by atoms with van der Waals surface area (Å²) in [5.74, 6) is 0.0437. The van der Waals surface area contributed by atoms with Gasteiger partial charge in [0.05, 0.1) is 29.8 Å². The molecule has 0 radical (unpaired) electrons. The Kier molecular flexibility index (Phi) is 10.3. The second-order valence-corrected chi connectivity index (χ2v) is 12.7. The Morgan fingerprint density at radius 2 is 1.59 bits per heavy atom. The maximum absolute atomic E-state index is 14.0. The van der Waals surface area contributed by atoms with Gasteiger partial charge in [-0.05, 0) is 75.7 Å². The van der Waals surface area contributed by atoms with Crippen LogP contribution < -0.4 is 19.1 Å². The van der Waals surface area contributed by atoms with Crippen LogP contribution in [0.4, 0.5) is 5.69 Å². The fourth-order valence-corrected chi connectivity index (χ4v) is 5.72. The number of ether oxygens (including phenoxy) is 2. The Balaban J connectivity index is 2.05. The first-order chi connectivity index (χ1) is 19.3. The predicted molar refractivity (Wildman–Crippen MR) is 160 cm³/mol. The molecule has 3 aromatic rings. The second-order valence-electron chi connectivity index (χ2n) is 10.4. The molecule has 0 aromatic heterocycles. The van der Waals surface area contributed by atoms with Crippen molar-refractivity contribution in [1.82, 2.24) is 10.2 Å². The van der Waals surface area contributed by atoms with E-state index in [1.54, 1.807) is 56.5 Å². The molecule has 1 atom stereocenters. The molecule has 0 saturated heterocycles. The fourth-order valence-electron chi connectivity index (χ4n) is 4.04. The zero-order chi connectivity index (χ0) is 30.4. The van der Waals surface area contributed by atoms with Gasteiger partial charge in [-0.1, -0.05) is 41.9 Å². The Labute approximate surface area is 247 Å². The van der Waals surface area contributed by atoms with Crippen molar-refractivity contribution in [3.8, 4) is 11.5 Å². The maximum Gasteiger partial charge on any atom is 0.264 e. The van der Waals surface area contributed by atoms with Crippen molar-refractivity contribution < 1.29 is 27.5 Å². The quantitative estimate of drug-likeness (QED) is 0.336. The van der Waals surface area contributed by atoms with Gasteiger partial charge < -0.3 is 19.7 Å². The van der Waals surface area contributed by atoms with Crippen LogP contribution in [-0.4, -0.2) is 57.5 Å². The highest BCUT2D eigenvalue weighted by atomic mass is 35.5. The molecule has 0 aliphatic heterocycles. The summed E-state index contributed by atoms with van der Waals surface area (Å²) < 4.78 is 39.2. The van der Waals surface area contributed by atoms with Gasteiger partial charge in [-0.25, -0.2) is 8.42 Å². The molecule has 0 heterocycles. The zero-order valence-electron chi connectivity index (χ0n) is 24.0. The SMILES string of the molecule is COc1ccc(CN(C(=O)CN(c2ccc(OC)c(Cl)c2)S(=O)(=O)c2ccccc2)C(C)C(=O)NC(C)(C)C)cc1. The molecule has 0 spiro atoms. The standard InChI is InChI=1S/C30H36ClN3O6S/c1-21(29(36)32-30(2,3)4)33(19-22-12-15-24(39-5)16-13-22)28(35)20-34(23-14-17-27(40-6)26(31)18-23)41(37,38)25-10-8-7-9-11-25/h7-18,21H,19-20H2,1-6H3,(H,32,36). The Morgan fingerprint density at radius 1 is 0.951 bits per heavy atom. The van der Waals surface area contributed by atoms with Gasteiger partial charge in [-0.3, -0.25) is 13.9 Å². The van der Waals surface area contributed by atoms with E-state index in [1.165, 1.54) is 42.3 Å². The molecule has 3 aromatic carbocycles. The van der Waals surface area contributed by atoms with Crippen LogP contribution in [0.5, 0.6) is 11.5 Å². The number of rotatable bonds is 11. The van der Waals surface area contributed by atoms with E-state index in [9.17, 15) is 18.0 Å². The monoisotopic (exact) mass is 601 g/mol. The first-order valence-electron chi connectivity index (χ1n) is 12.9. The molecule has 3 rings (SSSR count). The summed E-state index contributed by atoms with van der Waals surface area (Å²) in [6.07, 6.45) is 0. The minimum Gasteiger partial charge on any atom is -0.497 e. The lowest BCUT2D eigenvalue weighted by Crippen LogP contribution is -2.54. The summed E-state index contributed by atoms with van der Waals surface area (Å²) in [7, 11) is -1.21. The number of benzene rings is 3. The van der Waals surface area contributed by atoms with Crippen LogP contribution in [0.1, 0.15) is 33.3 Å². The highest BCUT2D eigenvalue weighted by Crippen LogP contribution is 2.32. The topological polar surface area (TPSA) is 105 Å². The largest absolute Gasteiger partial charge is 0.497 e. The van der Waals surface area contributed by atoms with Crippen LogP contribution >= 0.6 is 11.6 Å². The van der Waals surface area contributed by atoms with Crippen molar-refractivity contribution in [3.63, 3.8) is 0 Å². The van der Waals surface area contributed by atoms with Crippen molar-refractivity contribution in [2.75, 3.05) is 25.1 Å². The number of amides is 2. The predicted octanol–water partition coefficient (Wildman–Crippen LogP) is 4.88. The summed E-state index contributed by atoms with van der Waals surface area (Å²) in [6, 6.07) is 18.4. The first kappa shape index (κ1) is 31.8. The lowest BCUT2D eigenvalue weighted by atomic mass is 10.1. The van der Waals surface area contributed by atoms with Crippen LogP contribution in [0.3, 0.4) is 0 Å². The summed E-state index contributed by atoms with van der Waals surface area (Å²) >= 11 is 6.35. The average Bonchev–Trinajstić information content (AvgIpc) is 2.93. The third-order valence-electron chi connectivity index (χ3n) is 6.21. The van der Waals surface area contributed by atoms with Crippen LogP contribution in [0.2, 0.25) is 5.02 Å². The van der Waals surface area contributed by atoms with Crippen LogP contribution in [0.15, 0.2) is 77.7 Å². The number of hydrogen-bond acceptors (Lipinski definition) is 6. The molecule has 1 N–H and O–H groups in total. The van der Waals surface area contributed by atoms with Crippen molar-refractivity contribution >= 4 is 39.1 Å². The highest BCUT2D eigenvalue weighted by molar-refractivity contribution is 7.92. The van der Waals surface area contributed by atoms with Crippen molar-refractivity contribution in [1.29, 1.82) is 0 Å². The number of methoxy groups -OCH3 is 2. The smallest absolute Gasteiger partial charge is 0.264 e. The summed E-state index contributed by atoms with van der Waals surface area (Å²) in [5.41, 5.74) is 0.367. The van der Waals surface area contributed by atoms with Gasteiger partial charge in [0.15, 0.2) is 0 Å². The van der Waals surface area contributed by atoms with Crippen molar-refractivity contribution in [2.24, 2.45) is 0 Å². The molecule has 0 bridgehead atoms. The molecular formula is C30H36ClN3O6S. The third kappa shape index (κ3) is 8.14. The molecule has 9 nitrogen and oxygen atoms in total. The van der Waals surface area contributed by atoms with Gasteiger partial charge in [-0.2, -0.15) is 0 Å². The lowest BCUT2D eigenvalue weighted by Gasteiger charge is -2.33. The number of nitrogens with one attached hydrogen (secondary N) is 1. The molecule has 0 aliphatic rings. The highest BCUT2D eigenvalue weighted by Gasteiger charge is 2.33. The third-order valence-corrected chi connectivity index (χ3v) is 8.29. The van der Waals surface area contributed by atoms with E-state index in [2.05, 4.69) is 5.32 Å². The van der Waals surface area contributed by atoms with Gasteiger partial charge >= 0.3 is 0 Å². The van der Waals surface area contributed by atoms with E-state index >= 15 is 0 Å². The Hall–Kier alpha value is -3.76. The molecule has 41 heavy (non-hydrogen) atoms. The van der Waals surface area contributed by atoms with E-state index < -0.39 is 34.1 Å². The second kappa shape index (κ2) is 13.3. The van der Waals surface area contributed by atoms with Crippen LogP contribution in [0, 0.1) is 0 Å². The normalized spacial score (nSPS) is 12.3. The Bertz CT molecular complexity index is 1460. The number of anilines is 1. The number of carbonyl (C=O) groups excluding carboxylic acids is 2. The van der Waals surface area contributed by atoms with Crippen molar-refractivity contribution in [2.45, 2.75) is 50.7 Å². The first-order valence-corrected chi connectivity index (χ1v) is 14.7. The molecule has 11 heteroatoms. The minimum absolute atomic E-state index is 0.0000287. The zero-order valence-corrected chi connectivity index (χ0v) is 25.6. The fraction of sp³-hybridized carbons (Fsp3) is 0.333. The molecule has 0 saturated carbocycles. The van der Waals surface area contributed by atoms with Crippen LogP contribution in [0.25, 0.3) is 0 Å². The average molecular weight is 602 g/mol. The summed E-state index contributed by atoms with van der Waals surface area (Å²) in [4.78, 5) is 28.6. The number of nitrogens with zero attached hydrogens (tertiary/aromatic N) is 2. The molecule has 0 aliphatic carbocycles. The van der Waals surface area contributed by atoms with E-state index in [-0.39, 0.29) is 28.1 Å². The summed E-state index contributed by atoms with van der Waals surface area (Å²) in [5, 5.41) is 3.08. The number of sulfonamides is 1. The van der Waals surface area contributed by atoms with E-state index in [1.807, 2.05) is 20.8 Å². The molecule has 220 valence electrons. The molecule has 1 unspecified atom stereocenters. The number of halogens is 1.